The zero-order chi connectivity index (χ0) is 10.8. The number of benzene rings is 1. The normalized spacial score (nSPS) is 25.5. The van der Waals surface area contributed by atoms with Crippen LogP contribution < -0.4 is 16.2 Å². The molecule has 0 radical (unpaired) electrons. The van der Waals surface area contributed by atoms with Crippen molar-refractivity contribution in [3.63, 3.8) is 0 Å². The van der Waals surface area contributed by atoms with Crippen LogP contribution >= 0.6 is 0 Å². The fraction of sp³-hybridized carbons (Fsp3) is 0.455. The first-order valence-corrected chi connectivity index (χ1v) is 5.14. The summed E-state index contributed by atoms with van der Waals surface area (Å²) < 4.78 is 18.9. The molecule has 4 N–H and O–H groups in total. The van der Waals surface area contributed by atoms with Gasteiger partial charge in [0.15, 0.2) is 11.6 Å². The molecule has 4 heteroatoms. The summed E-state index contributed by atoms with van der Waals surface area (Å²) in [5, 5.41) is 0. The van der Waals surface area contributed by atoms with Crippen molar-refractivity contribution in [2.24, 2.45) is 5.73 Å². The molecule has 1 fully saturated rings. The number of halogens is 1. The summed E-state index contributed by atoms with van der Waals surface area (Å²) in [5.41, 5.74) is 11.7. The number of nitrogens with two attached hydrogens (primary N) is 2. The molecule has 1 aliphatic rings. The monoisotopic (exact) mass is 210 g/mol. The maximum Gasteiger partial charge on any atom is 0.167 e. The Morgan fingerprint density at radius 1 is 1.33 bits per heavy atom. The van der Waals surface area contributed by atoms with Crippen molar-refractivity contribution in [3.8, 4) is 5.75 Å². The zero-order valence-corrected chi connectivity index (χ0v) is 8.45. The van der Waals surface area contributed by atoms with Gasteiger partial charge in [-0.3, -0.25) is 0 Å². The fourth-order valence-electron chi connectivity index (χ4n) is 1.88. The van der Waals surface area contributed by atoms with Gasteiger partial charge in [0, 0.05) is 17.8 Å². The Bertz CT molecular complexity index is 356. The molecule has 3 nitrogen and oxygen atoms in total. The predicted octanol–water partition coefficient (Wildman–Crippen LogP) is 1.67. The highest BCUT2D eigenvalue weighted by Gasteiger charge is 2.26. The fourth-order valence-corrected chi connectivity index (χ4v) is 1.88. The molecule has 0 amide bonds. The molecule has 0 aliphatic heterocycles. The molecule has 2 atom stereocenters. The van der Waals surface area contributed by atoms with Gasteiger partial charge in [0.05, 0.1) is 0 Å². The Morgan fingerprint density at radius 2 is 2.13 bits per heavy atom. The molecule has 0 spiro atoms. The quantitative estimate of drug-likeness (QED) is 0.730. The van der Waals surface area contributed by atoms with Crippen LogP contribution in [0.5, 0.6) is 5.75 Å². The van der Waals surface area contributed by atoms with Crippen LogP contribution in [0.4, 0.5) is 10.1 Å². The van der Waals surface area contributed by atoms with Crippen molar-refractivity contribution in [2.75, 3.05) is 5.73 Å². The van der Waals surface area contributed by atoms with Gasteiger partial charge in [-0.05, 0) is 31.4 Å². The molecule has 0 heterocycles. The van der Waals surface area contributed by atoms with Gasteiger partial charge >= 0.3 is 0 Å². The van der Waals surface area contributed by atoms with E-state index in [0.29, 0.717) is 5.69 Å². The molecule has 0 saturated heterocycles. The van der Waals surface area contributed by atoms with Gasteiger partial charge in [-0.1, -0.05) is 0 Å². The lowest BCUT2D eigenvalue weighted by Crippen LogP contribution is -2.33. The Kier molecular flexibility index (Phi) is 2.77. The molecule has 1 aromatic carbocycles. The molecular weight excluding hydrogens is 195 g/mol. The van der Waals surface area contributed by atoms with Crippen LogP contribution in [-0.4, -0.2) is 12.1 Å². The van der Waals surface area contributed by atoms with Gasteiger partial charge in [0.25, 0.3) is 0 Å². The third-order valence-corrected chi connectivity index (χ3v) is 2.74. The standard InChI is InChI=1S/C11H15FN2O/c12-8-6-7(13)4-5-10(8)15-11-3-1-2-9(11)14/h4-6,9,11H,1-3,13-14H2. The lowest BCUT2D eigenvalue weighted by molar-refractivity contribution is 0.183. The van der Waals surface area contributed by atoms with Crippen LogP contribution in [-0.2, 0) is 0 Å². The number of hydrogen-bond donors (Lipinski definition) is 2. The lowest BCUT2D eigenvalue weighted by atomic mass is 10.2. The van der Waals surface area contributed by atoms with Crippen molar-refractivity contribution in [1.82, 2.24) is 0 Å². The molecule has 1 aliphatic carbocycles. The van der Waals surface area contributed by atoms with Crippen molar-refractivity contribution < 1.29 is 9.13 Å². The van der Waals surface area contributed by atoms with E-state index in [-0.39, 0.29) is 17.9 Å². The minimum atomic E-state index is -0.422. The van der Waals surface area contributed by atoms with E-state index < -0.39 is 5.82 Å². The summed E-state index contributed by atoms with van der Waals surface area (Å²) in [6, 6.07) is 4.45. The van der Waals surface area contributed by atoms with Gasteiger partial charge in [-0.2, -0.15) is 0 Å². The smallest absolute Gasteiger partial charge is 0.167 e. The highest BCUT2D eigenvalue weighted by atomic mass is 19.1. The average molecular weight is 210 g/mol. The summed E-state index contributed by atoms with van der Waals surface area (Å²) >= 11 is 0. The minimum absolute atomic E-state index is 0.0157. The molecule has 1 aromatic rings. The topological polar surface area (TPSA) is 61.3 Å². The van der Waals surface area contributed by atoms with Crippen LogP contribution in [0, 0.1) is 5.82 Å². The van der Waals surface area contributed by atoms with E-state index in [9.17, 15) is 4.39 Å². The lowest BCUT2D eigenvalue weighted by Gasteiger charge is -2.18. The van der Waals surface area contributed by atoms with Gasteiger partial charge in [-0.15, -0.1) is 0 Å². The van der Waals surface area contributed by atoms with Crippen molar-refractivity contribution in [2.45, 2.75) is 31.4 Å². The van der Waals surface area contributed by atoms with E-state index in [1.807, 2.05) is 0 Å². The van der Waals surface area contributed by atoms with E-state index in [1.54, 1.807) is 12.1 Å². The summed E-state index contributed by atoms with van der Waals surface area (Å²) in [4.78, 5) is 0. The van der Waals surface area contributed by atoms with E-state index in [4.69, 9.17) is 16.2 Å². The zero-order valence-electron chi connectivity index (χ0n) is 8.45. The molecule has 2 unspecified atom stereocenters. The third-order valence-electron chi connectivity index (χ3n) is 2.74. The van der Waals surface area contributed by atoms with Crippen LogP contribution in [0.15, 0.2) is 18.2 Å². The summed E-state index contributed by atoms with van der Waals surface area (Å²) in [6.07, 6.45) is 2.82. The van der Waals surface area contributed by atoms with E-state index in [2.05, 4.69) is 0 Å². The van der Waals surface area contributed by atoms with Crippen molar-refractivity contribution in [1.29, 1.82) is 0 Å². The highest BCUT2D eigenvalue weighted by Crippen LogP contribution is 2.26. The highest BCUT2D eigenvalue weighted by molar-refractivity contribution is 5.42. The van der Waals surface area contributed by atoms with Gasteiger partial charge < -0.3 is 16.2 Å². The Morgan fingerprint density at radius 3 is 2.73 bits per heavy atom. The van der Waals surface area contributed by atoms with E-state index in [1.165, 1.54) is 6.07 Å². The molecule has 0 aromatic heterocycles. The van der Waals surface area contributed by atoms with Gasteiger partial charge in [-0.25, -0.2) is 4.39 Å². The number of hydrogen-bond acceptors (Lipinski definition) is 3. The maximum atomic E-state index is 13.4. The van der Waals surface area contributed by atoms with Gasteiger partial charge in [0.1, 0.15) is 6.10 Å². The second kappa shape index (κ2) is 4.06. The molecule has 82 valence electrons. The number of rotatable bonds is 2. The van der Waals surface area contributed by atoms with Crippen molar-refractivity contribution in [3.05, 3.63) is 24.0 Å². The van der Waals surface area contributed by atoms with Crippen LogP contribution in [0.2, 0.25) is 0 Å². The summed E-state index contributed by atoms with van der Waals surface area (Å²) in [6.45, 7) is 0. The first-order chi connectivity index (χ1) is 7.16. The Labute approximate surface area is 88.2 Å². The second-order valence-corrected chi connectivity index (χ2v) is 3.94. The minimum Gasteiger partial charge on any atom is -0.486 e. The predicted molar refractivity (Wildman–Crippen MR) is 57.1 cm³/mol. The third kappa shape index (κ3) is 2.21. The Balaban J connectivity index is 2.10. The van der Waals surface area contributed by atoms with Crippen LogP contribution in [0.1, 0.15) is 19.3 Å². The number of nitrogen functional groups attached to an aromatic ring is 1. The van der Waals surface area contributed by atoms with Gasteiger partial charge in [0.2, 0.25) is 0 Å². The van der Waals surface area contributed by atoms with Crippen molar-refractivity contribution >= 4 is 5.69 Å². The molecule has 0 bridgehead atoms. The molecule has 1 saturated carbocycles. The summed E-state index contributed by atoms with van der Waals surface area (Å²) in [5.74, 6) is -0.180. The van der Waals surface area contributed by atoms with Crippen LogP contribution in [0.25, 0.3) is 0 Å². The molecule has 2 rings (SSSR count). The van der Waals surface area contributed by atoms with E-state index >= 15 is 0 Å². The van der Waals surface area contributed by atoms with Crippen LogP contribution in [0.3, 0.4) is 0 Å². The SMILES string of the molecule is Nc1ccc(OC2CCCC2N)c(F)c1. The summed E-state index contributed by atoms with van der Waals surface area (Å²) in [7, 11) is 0. The number of ether oxygens (including phenoxy) is 1. The second-order valence-electron chi connectivity index (χ2n) is 3.94. The number of anilines is 1. The molecule has 15 heavy (non-hydrogen) atoms. The Hall–Kier alpha value is -1.29. The average Bonchev–Trinajstić information content (AvgIpc) is 2.57. The first kappa shape index (κ1) is 10.2. The maximum absolute atomic E-state index is 13.4. The van der Waals surface area contributed by atoms with E-state index in [0.717, 1.165) is 19.3 Å². The first-order valence-electron chi connectivity index (χ1n) is 5.14. The molecular formula is C11H15FN2O. The largest absolute Gasteiger partial charge is 0.486 e.